The summed E-state index contributed by atoms with van der Waals surface area (Å²) in [5.41, 5.74) is 1.18. The normalized spacial score (nSPS) is 16.9. The monoisotopic (exact) mass is 448 g/mol. The Balaban J connectivity index is 1.31. The molecule has 0 radical (unpaired) electrons. The number of likely N-dealkylation sites (tertiary alicyclic amines) is 1. The number of amides is 3. The number of morpholine rings is 1. The highest BCUT2D eigenvalue weighted by molar-refractivity contribution is 7.17. The third kappa shape index (κ3) is 5.26. The fraction of sp³-hybridized carbons (Fsp3) is 0.381. The van der Waals surface area contributed by atoms with Crippen LogP contribution in [0.4, 0.5) is 18.7 Å². The van der Waals surface area contributed by atoms with Crippen LogP contribution >= 0.6 is 11.3 Å². The molecule has 2 saturated heterocycles. The van der Waals surface area contributed by atoms with Crippen molar-refractivity contribution in [3.05, 3.63) is 52.0 Å². The van der Waals surface area contributed by atoms with E-state index in [1.165, 1.54) is 12.3 Å². The number of anilines is 1. The van der Waals surface area contributed by atoms with E-state index in [9.17, 15) is 18.4 Å². The summed E-state index contributed by atoms with van der Waals surface area (Å²) in [7, 11) is 0. The maximum absolute atomic E-state index is 13.8. The zero-order valence-electron chi connectivity index (χ0n) is 16.8. The molecule has 1 aromatic carbocycles. The lowest BCUT2D eigenvalue weighted by Gasteiger charge is -2.28. The number of nitrogens with one attached hydrogen (secondary N) is 1. The van der Waals surface area contributed by atoms with E-state index in [1.807, 2.05) is 0 Å². The third-order valence-electron chi connectivity index (χ3n) is 5.24. The Morgan fingerprint density at radius 1 is 1.10 bits per heavy atom. The minimum atomic E-state index is -0.486. The smallest absolute Gasteiger partial charge is 0.323 e. The van der Waals surface area contributed by atoms with E-state index in [4.69, 9.17) is 4.74 Å². The Kier molecular flexibility index (Phi) is 6.57. The zero-order chi connectivity index (χ0) is 21.8. The zero-order valence-corrected chi connectivity index (χ0v) is 17.6. The van der Waals surface area contributed by atoms with Gasteiger partial charge in [-0.25, -0.2) is 18.6 Å². The van der Waals surface area contributed by atoms with Gasteiger partial charge in [0.15, 0.2) is 5.13 Å². The van der Waals surface area contributed by atoms with E-state index in [0.717, 1.165) is 29.0 Å². The maximum Gasteiger partial charge on any atom is 0.323 e. The van der Waals surface area contributed by atoms with Crippen molar-refractivity contribution in [2.75, 3.05) is 44.7 Å². The largest absolute Gasteiger partial charge is 0.378 e. The lowest BCUT2D eigenvalue weighted by atomic mass is 10.0. The van der Waals surface area contributed by atoms with E-state index in [1.54, 1.807) is 15.9 Å². The highest BCUT2D eigenvalue weighted by atomic mass is 32.1. The average Bonchev–Trinajstić information content (AvgIpc) is 3.25. The number of nitrogens with zero attached hydrogens (tertiary/aromatic N) is 3. The van der Waals surface area contributed by atoms with E-state index in [-0.39, 0.29) is 17.5 Å². The van der Waals surface area contributed by atoms with Gasteiger partial charge in [0.2, 0.25) is 0 Å². The van der Waals surface area contributed by atoms with Crippen LogP contribution in [0.2, 0.25) is 0 Å². The number of urea groups is 1. The highest BCUT2D eigenvalue weighted by Crippen LogP contribution is 2.24. The fourth-order valence-corrected chi connectivity index (χ4v) is 4.28. The summed E-state index contributed by atoms with van der Waals surface area (Å²) < 4.78 is 32.4. The van der Waals surface area contributed by atoms with Crippen LogP contribution in [0.1, 0.15) is 28.1 Å². The van der Waals surface area contributed by atoms with Crippen LogP contribution in [0.25, 0.3) is 6.08 Å². The predicted molar refractivity (Wildman–Crippen MR) is 113 cm³/mol. The van der Waals surface area contributed by atoms with Crippen molar-refractivity contribution in [1.82, 2.24) is 14.8 Å². The van der Waals surface area contributed by atoms with E-state index in [2.05, 4.69) is 10.3 Å². The lowest BCUT2D eigenvalue weighted by Crippen LogP contribution is -2.40. The van der Waals surface area contributed by atoms with Gasteiger partial charge in [-0.15, -0.1) is 0 Å². The molecule has 0 unspecified atom stereocenters. The molecule has 2 aliphatic heterocycles. The van der Waals surface area contributed by atoms with Gasteiger partial charge in [-0.3, -0.25) is 10.1 Å². The van der Waals surface area contributed by atoms with Crippen molar-refractivity contribution in [2.24, 2.45) is 0 Å². The fourth-order valence-electron chi connectivity index (χ4n) is 3.51. The summed E-state index contributed by atoms with van der Waals surface area (Å²) in [6.45, 7) is 3.04. The number of piperidine rings is 1. The molecular weight excluding hydrogens is 426 g/mol. The van der Waals surface area contributed by atoms with Gasteiger partial charge in [0.1, 0.15) is 16.5 Å². The minimum absolute atomic E-state index is 0.112. The number of benzene rings is 1. The number of hydrogen-bond donors (Lipinski definition) is 1. The summed E-state index contributed by atoms with van der Waals surface area (Å²) in [5.74, 6) is -1.07. The first-order chi connectivity index (χ1) is 15.0. The molecule has 31 heavy (non-hydrogen) atoms. The highest BCUT2D eigenvalue weighted by Gasteiger charge is 2.23. The molecule has 3 heterocycles. The van der Waals surface area contributed by atoms with E-state index >= 15 is 0 Å². The summed E-state index contributed by atoms with van der Waals surface area (Å²) in [5, 5.41) is 3.11. The molecule has 7 nitrogen and oxygen atoms in total. The first kappa shape index (κ1) is 21.4. The standard InChI is InChI=1S/C21H22F2N4O3S/c22-16-1-2-17(23)15(12-16)11-14-3-5-27(6-4-14)21(29)25-20-24-13-18(31-20)19(28)26-7-9-30-10-8-26/h1-2,11-13H,3-10H2,(H,24,25,29). The summed E-state index contributed by atoms with van der Waals surface area (Å²) in [4.78, 5) is 33.0. The molecule has 164 valence electrons. The Morgan fingerprint density at radius 2 is 1.84 bits per heavy atom. The van der Waals surface area contributed by atoms with Gasteiger partial charge < -0.3 is 14.5 Å². The first-order valence-corrected chi connectivity index (χ1v) is 10.8. The van der Waals surface area contributed by atoms with Crippen molar-refractivity contribution in [3.8, 4) is 0 Å². The summed E-state index contributed by atoms with van der Waals surface area (Å²) in [6, 6.07) is 3.06. The number of hydrogen-bond acceptors (Lipinski definition) is 5. The first-order valence-electron chi connectivity index (χ1n) is 10.0. The van der Waals surface area contributed by atoms with Gasteiger partial charge in [0.05, 0.1) is 19.4 Å². The number of ether oxygens (including phenoxy) is 1. The van der Waals surface area contributed by atoms with Crippen LogP contribution in [-0.2, 0) is 4.74 Å². The molecule has 4 rings (SSSR count). The molecule has 1 aromatic heterocycles. The molecule has 3 amide bonds. The van der Waals surface area contributed by atoms with Crippen LogP contribution in [0.3, 0.4) is 0 Å². The topological polar surface area (TPSA) is 74.8 Å². The molecular formula is C21H22F2N4O3S. The third-order valence-corrected chi connectivity index (χ3v) is 6.14. The van der Waals surface area contributed by atoms with Crippen molar-refractivity contribution in [1.29, 1.82) is 0 Å². The van der Waals surface area contributed by atoms with Gasteiger partial charge in [-0.05, 0) is 31.0 Å². The van der Waals surface area contributed by atoms with Crippen molar-refractivity contribution >= 4 is 34.5 Å². The van der Waals surface area contributed by atoms with Gasteiger partial charge in [0, 0.05) is 31.7 Å². The van der Waals surface area contributed by atoms with Gasteiger partial charge >= 0.3 is 6.03 Å². The van der Waals surface area contributed by atoms with Crippen molar-refractivity contribution in [2.45, 2.75) is 12.8 Å². The number of rotatable bonds is 3. The summed E-state index contributed by atoms with van der Waals surface area (Å²) >= 11 is 1.14. The van der Waals surface area contributed by atoms with Crippen LogP contribution < -0.4 is 5.32 Å². The second-order valence-electron chi connectivity index (χ2n) is 7.32. The number of thiazole rings is 1. The molecule has 0 spiro atoms. The molecule has 0 bridgehead atoms. The average molecular weight is 448 g/mol. The number of aromatic nitrogens is 1. The second-order valence-corrected chi connectivity index (χ2v) is 8.35. The van der Waals surface area contributed by atoms with Crippen molar-refractivity contribution in [3.63, 3.8) is 0 Å². The van der Waals surface area contributed by atoms with E-state index < -0.39 is 11.6 Å². The number of carbonyl (C=O) groups is 2. The molecule has 10 heteroatoms. The molecule has 2 aliphatic rings. The number of halogens is 2. The molecule has 0 saturated carbocycles. The van der Waals surface area contributed by atoms with Gasteiger partial charge in [-0.2, -0.15) is 0 Å². The Morgan fingerprint density at radius 3 is 2.58 bits per heavy atom. The minimum Gasteiger partial charge on any atom is -0.378 e. The Bertz CT molecular complexity index is 994. The van der Waals surface area contributed by atoms with E-state index in [0.29, 0.717) is 62.2 Å². The quantitative estimate of drug-likeness (QED) is 0.779. The van der Waals surface area contributed by atoms with Gasteiger partial charge in [-0.1, -0.05) is 23.0 Å². The molecule has 0 aliphatic carbocycles. The van der Waals surface area contributed by atoms with Crippen LogP contribution in [-0.4, -0.2) is 66.1 Å². The Labute approximate surface area is 182 Å². The van der Waals surface area contributed by atoms with Crippen LogP contribution in [0.15, 0.2) is 30.0 Å². The van der Waals surface area contributed by atoms with Crippen LogP contribution in [0.5, 0.6) is 0 Å². The predicted octanol–water partition coefficient (Wildman–Crippen LogP) is 3.61. The second kappa shape index (κ2) is 9.52. The maximum atomic E-state index is 13.8. The SMILES string of the molecule is O=C(Nc1ncc(C(=O)N2CCOCC2)s1)N1CCC(=Cc2cc(F)ccc2F)CC1. The molecule has 2 aromatic rings. The van der Waals surface area contributed by atoms with Crippen LogP contribution in [0, 0.1) is 11.6 Å². The van der Waals surface area contributed by atoms with Crippen molar-refractivity contribution < 1.29 is 23.1 Å². The molecule has 0 atom stereocenters. The Hall–Kier alpha value is -2.85. The molecule has 2 fully saturated rings. The summed E-state index contributed by atoms with van der Waals surface area (Å²) in [6.07, 6.45) is 4.27. The lowest BCUT2D eigenvalue weighted by molar-refractivity contribution is 0.0306. The number of carbonyl (C=O) groups excluding carboxylic acids is 2. The van der Waals surface area contributed by atoms with Gasteiger partial charge in [0.25, 0.3) is 5.91 Å². The molecule has 1 N–H and O–H groups in total.